The van der Waals surface area contributed by atoms with Gasteiger partial charge in [0.25, 0.3) is 11.6 Å². The van der Waals surface area contributed by atoms with Crippen LogP contribution in [0.15, 0.2) is 48.5 Å². The van der Waals surface area contributed by atoms with Crippen LogP contribution in [0.3, 0.4) is 0 Å². The van der Waals surface area contributed by atoms with E-state index in [4.69, 9.17) is 4.74 Å². The smallest absolute Gasteiger partial charge is 0.269 e. The molecule has 3 rings (SSSR count). The van der Waals surface area contributed by atoms with Crippen LogP contribution in [0.25, 0.3) is 0 Å². The highest BCUT2D eigenvalue weighted by Gasteiger charge is 2.35. The first-order valence-corrected chi connectivity index (χ1v) is 7.47. The highest BCUT2D eigenvalue weighted by Crippen LogP contribution is 2.36. The minimum absolute atomic E-state index is 0.0309. The Bertz CT molecular complexity index is 775. The van der Waals surface area contributed by atoms with Crippen LogP contribution in [0.1, 0.15) is 22.3 Å². The fourth-order valence-electron chi connectivity index (χ4n) is 2.69. The number of carbonyl (C=O) groups is 1. The molecule has 2 aromatic rings. The quantitative estimate of drug-likeness (QED) is 0.660. The van der Waals surface area contributed by atoms with E-state index in [1.54, 1.807) is 18.2 Å². The molecule has 0 bridgehead atoms. The number of para-hydroxylation sites is 1. The molecule has 7 nitrogen and oxygen atoms in total. The number of carbonyl (C=O) groups excluding carboxylic acids is 1. The van der Waals surface area contributed by atoms with Crippen LogP contribution in [0.2, 0.25) is 0 Å². The van der Waals surface area contributed by atoms with Crippen molar-refractivity contribution in [1.29, 1.82) is 0 Å². The average Bonchev–Trinajstić information content (AvgIpc) is 2.60. The molecule has 1 aliphatic heterocycles. The van der Waals surface area contributed by atoms with Crippen molar-refractivity contribution in [3.05, 3.63) is 69.8 Å². The molecule has 0 aromatic heterocycles. The number of amides is 1. The van der Waals surface area contributed by atoms with Crippen molar-refractivity contribution < 1.29 is 19.6 Å². The van der Waals surface area contributed by atoms with Crippen molar-refractivity contribution in [2.75, 3.05) is 13.2 Å². The molecule has 2 aromatic carbocycles. The number of fused-ring (bicyclic) bond motifs is 1. The Labute approximate surface area is 138 Å². The van der Waals surface area contributed by atoms with E-state index in [0.717, 1.165) is 0 Å². The Balaban J connectivity index is 1.71. The highest BCUT2D eigenvalue weighted by atomic mass is 16.6. The van der Waals surface area contributed by atoms with E-state index in [0.29, 0.717) is 29.9 Å². The second kappa shape index (κ2) is 6.29. The Kier molecular flexibility index (Phi) is 4.18. The van der Waals surface area contributed by atoms with E-state index in [2.05, 4.69) is 5.32 Å². The number of aliphatic hydroxyl groups is 1. The summed E-state index contributed by atoms with van der Waals surface area (Å²) in [7, 11) is 0. The molecule has 124 valence electrons. The summed E-state index contributed by atoms with van der Waals surface area (Å²) < 4.78 is 5.51. The minimum Gasteiger partial charge on any atom is -0.493 e. The second-order valence-corrected chi connectivity index (χ2v) is 5.61. The molecular formula is C17H16N2O5. The number of nitro benzene ring substituents is 1. The van der Waals surface area contributed by atoms with Gasteiger partial charge in [-0.05, 0) is 18.2 Å². The molecule has 1 amide bonds. The maximum atomic E-state index is 12.2. The van der Waals surface area contributed by atoms with Gasteiger partial charge < -0.3 is 15.2 Å². The molecule has 0 fully saturated rings. The predicted molar refractivity (Wildman–Crippen MR) is 85.9 cm³/mol. The van der Waals surface area contributed by atoms with Crippen LogP contribution in [0.5, 0.6) is 5.75 Å². The number of hydrogen-bond donors (Lipinski definition) is 2. The van der Waals surface area contributed by atoms with Gasteiger partial charge in [-0.2, -0.15) is 0 Å². The van der Waals surface area contributed by atoms with Gasteiger partial charge in [-0.15, -0.1) is 0 Å². The molecule has 7 heteroatoms. The number of non-ortho nitro benzene ring substituents is 1. The number of nitrogens with zero attached hydrogens (tertiary/aromatic N) is 1. The van der Waals surface area contributed by atoms with Gasteiger partial charge in [-0.1, -0.05) is 18.2 Å². The first kappa shape index (κ1) is 15.9. The zero-order chi connectivity index (χ0) is 17.2. The Morgan fingerprint density at radius 2 is 1.96 bits per heavy atom. The Morgan fingerprint density at radius 1 is 1.25 bits per heavy atom. The van der Waals surface area contributed by atoms with E-state index in [1.807, 2.05) is 6.07 Å². The lowest BCUT2D eigenvalue weighted by Gasteiger charge is -2.34. The molecular weight excluding hydrogens is 312 g/mol. The predicted octanol–water partition coefficient (Wildman–Crippen LogP) is 1.99. The number of hydrogen-bond acceptors (Lipinski definition) is 5. The summed E-state index contributed by atoms with van der Waals surface area (Å²) >= 11 is 0. The second-order valence-electron chi connectivity index (χ2n) is 5.61. The van der Waals surface area contributed by atoms with Crippen LogP contribution in [-0.4, -0.2) is 29.1 Å². The van der Waals surface area contributed by atoms with Gasteiger partial charge in [0.15, 0.2) is 0 Å². The van der Waals surface area contributed by atoms with Crippen LogP contribution in [0, 0.1) is 10.1 Å². The minimum atomic E-state index is -1.20. The van der Waals surface area contributed by atoms with E-state index < -0.39 is 16.4 Å². The molecule has 1 unspecified atom stereocenters. The largest absolute Gasteiger partial charge is 0.493 e. The summed E-state index contributed by atoms with van der Waals surface area (Å²) in [6.07, 6.45) is 0.366. The Morgan fingerprint density at radius 3 is 2.67 bits per heavy atom. The summed E-state index contributed by atoms with van der Waals surface area (Å²) in [6.45, 7) is 0.393. The molecule has 0 aliphatic carbocycles. The monoisotopic (exact) mass is 328 g/mol. The van der Waals surface area contributed by atoms with Gasteiger partial charge in [0.2, 0.25) is 0 Å². The summed E-state index contributed by atoms with van der Waals surface area (Å²) in [5.41, 5.74) is -0.348. The van der Waals surface area contributed by atoms with Gasteiger partial charge >= 0.3 is 0 Å². The fourth-order valence-corrected chi connectivity index (χ4v) is 2.69. The van der Waals surface area contributed by atoms with E-state index in [9.17, 15) is 20.0 Å². The standard InChI is InChI=1S/C17H16N2O5/c20-16(12-5-7-13(8-6-12)19(22)23)18-11-17(21)9-10-24-15-4-2-1-3-14(15)17/h1-8,21H,9-11H2,(H,18,20). The summed E-state index contributed by atoms with van der Waals surface area (Å²) in [6, 6.07) is 12.5. The van der Waals surface area contributed by atoms with Gasteiger partial charge in [-0.3, -0.25) is 14.9 Å². The number of benzene rings is 2. The van der Waals surface area contributed by atoms with Gasteiger partial charge in [0, 0.05) is 29.7 Å². The van der Waals surface area contributed by atoms with Crippen LogP contribution in [-0.2, 0) is 5.60 Å². The molecule has 1 atom stereocenters. The van der Waals surface area contributed by atoms with Crippen LogP contribution < -0.4 is 10.1 Å². The zero-order valence-corrected chi connectivity index (χ0v) is 12.8. The fraction of sp³-hybridized carbons (Fsp3) is 0.235. The number of ether oxygens (including phenoxy) is 1. The SMILES string of the molecule is O=C(NCC1(O)CCOc2ccccc21)c1ccc([N+](=O)[O-])cc1. The van der Waals surface area contributed by atoms with Gasteiger partial charge in [0.05, 0.1) is 18.1 Å². The molecule has 0 saturated heterocycles. The molecule has 1 heterocycles. The summed E-state index contributed by atoms with van der Waals surface area (Å²) in [4.78, 5) is 22.3. The molecule has 24 heavy (non-hydrogen) atoms. The summed E-state index contributed by atoms with van der Waals surface area (Å²) in [5, 5.41) is 24.2. The molecule has 0 radical (unpaired) electrons. The third-order valence-corrected chi connectivity index (χ3v) is 4.04. The topological polar surface area (TPSA) is 102 Å². The molecule has 2 N–H and O–H groups in total. The van der Waals surface area contributed by atoms with E-state index in [-0.39, 0.29) is 12.2 Å². The van der Waals surface area contributed by atoms with E-state index >= 15 is 0 Å². The summed E-state index contributed by atoms with van der Waals surface area (Å²) in [5.74, 6) is 0.207. The van der Waals surface area contributed by atoms with Crippen molar-refractivity contribution in [2.24, 2.45) is 0 Å². The van der Waals surface area contributed by atoms with Crippen LogP contribution >= 0.6 is 0 Å². The average molecular weight is 328 g/mol. The van der Waals surface area contributed by atoms with Crippen molar-refractivity contribution >= 4 is 11.6 Å². The van der Waals surface area contributed by atoms with E-state index in [1.165, 1.54) is 24.3 Å². The lowest BCUT2D eigenvalue weighted by atomic mass is 9.88. The molecule has 0 saturated carbocycles. The lowest BCUT2D eigenvalue weighted by molar-refractivity contribution is -0.384. The number of nitro groups is 1. The van der Waals surface area contributed by atoms with Crippen molar-refractivity contribution in [3.63, 3.8) is 0 Å². The van der Waals surface area contributed by atoms with Crippen molar-refractivity contribution in [2.45, 2.75) is 12.0 Å². The Hall–Kier alpha value is -2.93. The molecule has 0 spiro atoms. The number of nitrogens with one attached hydrogen (secondary N) is 1. The maximum Gasteiger partial charge on any atom is 0.269 e. The highest BCUT2D eigenvalue weighted by molar-refractivity contribution is 5.94. The normalized spacial score (nSPS) is 19.0. The maximum absolute atomic E-state index is 12.2. The van der Waals surface area contributed by atoms with Gasteiger partial charge in [-0.25, -0.2) is 0 Å². The van der Waals surface area contributed by atoms with Gasteiger partial charge in [0.1, 0.15) is 11.4 Å². The van der Waals surface area contributed by atoms with Crippen molar-refractivity contribution in [3.8, 4) is 5.75 Å². The first-order valence-electron chi connectivity index (χ1n) is 7.47. The third kappa shape index (κ3) is 3.07. The lowest BCUT2D eigenvalue weighted by Crippen LogP contribution is -2.43. The van der Waals surface area contributed by atoms with Crippen LogP contribution in [0.4, 0.5) is 5.69 Å². The van der Waals surface area contributed by atoms with Crippen molar-refractivity contribution in [1.82, 2.24) is 5.32 Å². The zero-order valence-electron chi connectivity index (χ0n) is 12.8. The third-order valence-electron chi connectivity index (χ3n) is 4.04. The first-order chi connectivity index (χ1) is 11.5. The number of rotatable bonds is 4. The molecule has 1 aliphatic rings.